The third kappa shape index (κ3) is 4.50. The monoisotopic (exact) mass is 231 g/mol. The molecule has 1 atom stereocenters. The number of ether oxygens (including phenoxy) is 1. The average Bonchev–Trinajstić information content (AvgIpc) is 2.35. The Labute approximate surface area is 104 Å². The van der Waals surface area contributed by atoms with Crippen LogP contribution in [0.2, 0.25) is 0 Å². The van der Waals surface area contributed by atoms with Crippen LogP contribution in [0, 0.1) is 11.8 Å². The smallest absolute Gasteiger partial charge is 0.119 e. The van der Waals surface area contributed by atoms with E-state index >= 15 is 0 Å². The summed E-state index contributed by atoms with van der Waals surface area (Å²) >= 11 is 0. The molecule has 1 aromatic rings. The van der Waals surface area contributed by atoms with Crippen LogP contribution in [-0.4, -0.2) is 13.2 Å². The lowest BCUT2D eigenvalue weighted by atomic mass is 10.0. The fourth-order valence-corrected chi connectivity index (χ4v) is 1.75. The lowest BCUT2D eigenvalue weighted by molar-refractivity contribution is 0.339. The summed E-state index contributed by atoms with van der Waals surface area (Å²) in [4.78, 5) is 0. The molecule has 0 bridgehead atoms. The molecule has 0 aromatic heterocycles. The highest BCUT2D eigenvalue weighted by molar-refractivity contribution is 5.31. The molecule has 0 fully saturated rings. The summed E-state index contributed by atoms with van der Waals surface area (Å²) in [6.07, 6.45) is 0.833. The van der Waals surface area contributed by atoms with Crippen LogP contribution in [0.3, 0.4) is 0 Å². The first kappa shape index (κ1) is 13.6. The van der Waals surface area contributed by atoms with Gasteiger partial charge in [-0.05, 0) is 38.1 Å². The molecule has 1 aromatic carbocycles. The second-order valence-corrected chi connectivity index (χ2v) is 3.75. The lowest BCUT2D eigenvalue weighted by Crippen LogP contribution is -2.20. The van der Waals surface area contributed by atoms with E-state index in [0.717, 1.165) is 18.7 Å². The Hall–Kier alpha value is -1.46. The SMILES string of the molecule is CC#CCC(NCC)c1cccc(OCC)c1. The summed E-state index contributed by atoms with van der Waals surface area (Å²) in [5, 5.41) is 3.44. The van der Waals surface area contributed by atoms with E-state index in [2.05, 4.69) is 36.2 Å². The van der Waals surface area contributed by atoms with Crippen LogP contribution in [0.1, 0.15) is 38.8 Å². The zero-order chi connectivity index (χ0) is 12.5. The molecule has 2 nitrogen and oxygen atoms in total. The Bertz CT molecular complexity index is 389. The standard InChI is InChI=1S/C15H21NO/c1-4-7-11-15(16-5-2)13-9-8-10-14(12-13)17-6-3/h8-10,12,15-16H,5-6,11H2,1-3H3. The van der Waals surface area contributed by atoms with Crippen LogP contribution in [0.5, 0.6) is 5.75 Å². The molecule has 0 heterocycles. The minimum absolute atomic E-state index is 0.285. The molecular weight excluding hydrogens is 210 g/mol. The minimum atomic E-state index is 0.285. The van der Waals surface area contributed by atoms with Crippen molar-refractivity contribution < 1.29 is 4.74 Å². The van der Waals surface area contributed by atoms with Crippen molar-refractivity contribution in [1.29, 1.82) is 0 Å². The Morgan fingerprint density at radius 1 is 1.35 bits per heavy atom. The number of hydrogen-bond donors (Lipinski definition) is 1. The van der Waals surface area contributed by atoms with E-state index in [4.69, 9.17) is 4.74 Å². The number of benzene rings is 1. The van der Waals surface area contributed by atoms with Gasteiger partial charge in [-0.25, -0.2) is 0 Å². The van der Waals surface area contributed by atoms with Crippen LogP contribution < -0.4 is 10.1 Å². The normalized spacial score (nSPS) is 11.5. The summed E-state index contributed by atoms with van der Waals surface area (Å²) in [6.45, 7) is 7.62. The van der Waals surface area contributed by atoms with E-state index in [9.17, 15) is 0 Å². The molecule has 0 saturated carbocycles. The zero-order valence-electron chi connectivity index (χ0n) is 10.9. The van der Waals surface area contributed by atoms with Crippen molar-refractivity contribution in [3.05, 3.63) is 29.8 Å². The molecule has 0 spiro atoms. The molecule has 0 aliphatic rings. The molecule has 17 heavy (non-hydrogen) atoms. The van der Waals surface area contributed by atoms with Crippen LogP contribution in [-0.2, 0) is 0 Å². The van der Waals surface area contributed by atoms with Gasteiger partial charge in [-0.1, -0.05) is 19.1 Å². The van der Waals surface area contributed by atoms with Gasteiger partial charge in [0, 0.05) is 12.5 Å². The van der Waals surface area contributed by atoms with Gasteiger partial charge in [0.1, 0.15) is 5.75 Å². The van der Waals surface area contributed by atoms with E-state index in [1.807, 2.05) is 26.0 Å². The van der Waals surface area contributed by atoms with E-state index in [0.29, 0.717) is 6.61 Å². The fraction of sp³-hybridized carbons (Fsp3) is 0.467. The molecule has 0 radical (unpaired) electrons. The highest BCUT2D eigenvalue weighted by atomic mass is 16.5. The number of nitrogens with one attached hydrogen (secondary N) is 1. The Kier molecular flexibility index (Phi) is 6.21. The predicted molar refractivity (Wildman–Crippen MR) is 72.1 cm³/mol. The van der Waals surface area contributed by atoms with Gasteiger partial charge in [0.15, 0.2) is 0 Å². The fourth-order valence-electron chi connectivity index (χ4n) is 1.75. The van der Waals surface area contributed by atoms with E-state index in [-0.39, 0.29) is 6.04 Å². The summed E-state index contributed by atoms with van der Waals surface area (Å²) < 4.78 is 5.52. The Morgan fingerprint density at radius 2 is 2.18 bits per heavy atom. The summed E-state index contributed by atoms with van der Waals surface area (Å²) in [6, 6.07) is 8.51. The molecule has 1 rings (SSSR count). The third-order valence-electron chi connectivity index (χ3n) is 2.50. The molecule has 0 saturated heterocycles. The Morgan fingerprint density at radius 3 is 2.82 bits per heavy atom. The van der Waals surface area contributed by atoms with Crippen molar-refractivity contribution in [3.63, 3.8) is 0 Å². The lowest BCUT2D eigenvalue weighted by Gasteiger charge is -2.16. The van der Waals surface area contributed by atoms with Gasteiger partial charge in [-0.2, -0.15) is 0 Å². The van der Waals surface area contributed by atoms with Crippen LogP contribution in [0.25, 0.3) is 0 Å². The molecular formula is C15H21NO. The van der Waals surface area contributed by atoms with Crippen molar-refractivity contribution in [2.75, 3.05) is 13.2 Å². The van der Waals surface area contributed by atoms with E-state index in [1.54, 1.807) is 0 Å². The van der Waals surface area contributed by atoms with Crippen LogP contribution in [0.4, 0.5) is 0 Å². The van der Waals surface area contributed by atoms with Gasteiger partial charge in [-0.3, -0.25) is 0 Å². The molecule has 0 aliphatic heterocycles. The third-order valence-corrected chi connectivity index (χ3v) is 2.50. The summed E-state index contributed by atoms with van der Waals surface area (Å²) in [7, 11) is 0. The highest BCUT2D eigenvalue weighted by Gasteiger charge is 2.09. The van der Waals surface area contributed by atoms with Gasteiger partial charge in [0.2, 0.25) is 0 Å². The summed E-state index contributed by atoms with van der Waals surface area (Å²) in [5.41, 5.74) is 1.24. The molecule has 0 amide bonds. The first-order valence-electron chi connectivity index (χ1n) is 6.17. The van der Waals surface area contributed by atoms with E-state index < -0.39 is 0 Å². The largest absolute Gasteiger partial charge is 0.494 e. The van der Waals surface area contributed by atoms with Crippen molar-refractivity contribution in [3.8, 4) is 17.6 Å². The average molecular weight is 231 g/mol. The second-order valence-electron chi connectivity index (χ2n) is 3.75. The van der Waals surface area contributed by atoms with Gasteiger partial charge >= 0.3 is 0 Å². The first-order chi connectivity index (χ1) is 8.31. The Balaban J connectivity index is 2.83. The van der Waals surface area contributed by atoms with Crippen molar-refractivity contribution in [2.45, 2.75) is 33.2 Å². The maximum Gasteiger partial charge on any atom is 0.119 e. The molecule has 1 N–H and O–H groups in total. The van der Waals surface area contributed by atoms with Gasteiger partial charge < -0.3 is 10.1 Å². The molecule has 0 aliphatic carbocycles. The topological polar surface area (TPSA) is 21.3 Å². The van der Waals surface area contributed by atoms with E-state index in [1.165, 1.54) is 5.56 Å². The van der Waals surface area contributed by atoms with Gasteiger partial charge in [0.25, 0.3) is 0 Å². The predicted octanol–water partition coefficient (Wildman–Crippen LogP) is 3.15. The minimum Gasteiger partial charge on any atom is -0.494 e. The quantitative estimate of drug-likeness (QED) is 0.759. The number of hydrogen-bond acceptors (Lipinski definition) is 2. The number of rotatable bonds is 6. The molecule has 2 heteroatoms. The molecule has 1 unspecified atom stereocenters. The molecule has 92 valence electrons. The van der Waals surface area contributed by atoms with Crippen LogP contribution >= 0.6 is 0 Å². The summed E-state index contributed by atoms with van der Waals surface area (Å²) in [5.74, 6) is 7.00. The van der Waals surface area contributed by atoms with Crippen molar-refractivity contribution in [2.24, 2.45) is 0 Å². The van der Waals surface area contributed by atoms with Gasteiger partial charge in [-0.15, -0.1) is 11.8 Å². The zero-order valence-corrected chi connectivity index (χ0v) is 10.9. The first-order valence-corrected chi connectivity index (χ1v) is 6.17. The van der Waals surface area contributed by atoms with Crippen molar-refractivity contribution in [1.82, 2.24) is 5.32 Å². The van der Waals surface area contributed by atoms with Gasteiger partial charge in [0.05, 0.1) is 6.61 Å². The highest BCUT2D eigenvalue weighted by Crippen LogP contribution is 2.21. The van der Waals surface area contributed by atoms with Crippen LogP contribution in [0.15, 0.2) is 24.3 Å². The second kappa shape index (κ2) is 7.76. The maximum absolute atomic E-state index is 5.52. The maximum atomic E-state index is 5.52. The van der Waals surface area contributed by atoms with Crippen molar-refractivity contribution >= 4 is 0 Å².